The molecule has 0 bridgehead atoms. The van der Waals surface area contributed by atoms with E-state index in [2.05, 4.69) is 5.43 Å². The number of aromatic nitrogens is 1. The van der Waals surface area contributed by atoms with Gasteiger partial charge in [-0.05, 0) is 49.4 Å². The predicted octanol–water partition coefficient (Wildman–Crippen LogP) is 4.32. The number of aliphatic imine (C=N–C) groups is 1. The fraction of sp³-hybridized carbons (Fsp3) is 0.107. The van der Waals surface area contributed by atoms with Gasteiger partial charge in [0, 0.05) is 23.5 Å². The fourth-order valence-corrected chi connectivity index (χ4v) is 7.13. The molecule has 0 radical (unpaired) electrons. The molecule has 1 saturated heterocycles. The summed E-state index contributed by atoms with van der Waals surface area (Å²) in [6.45, 7) is 2.31. The molecule has 0 spiro atoms. The highest BCUT2D eigenvalue weighted by Gasteiger charge is 2.35. The Kier molecular flexibility index (Phi) is 6.35. The second-order valence-electron chi connectivity index (χ2n) is 8.62. The van der Waals surface area contributed by atoms with Crippen LogP contribution in [0.1, 0.15) is 6.92 Å². The summed E-state index contributed by atoms with van der Waals surface area (Å²) >= 11 is 9.08. The standard InChI is InChI=1S/C28H22ClN5O2S2/c1-3-33-26(36)23(28-32(2)20-16-17(29)14-15-21(20)37-28)38-27(33)22-24(30-18-10-6-4-7-11-18)31-34(25(22)35)19-12-8-5-9-13-19/h4-16H,3H2,1-2H3,(H,30,31). The highest BCUT2D eigenvalue weighted by molar-refractivity contribution is 8.08. The molecule has 0 saturated carbocycles. The predicted molar refractivity (Wildman–Crippen MR) is 157 cm³/mol. The van der Waals surface area contributed by atoms with Crippen molar-refractivity contribution in [1.29, 1.82) is 0 Å². The Labute approximate surface area is 232 Å². The zero-order valence-corrected chi connectivity index (χ0v) is 22.9. The second kappa shape index (κ2) is 9.83. The zero-order valence-electron chi connectivity index (χ0n) is 20.5. The molecule has 3 heterocycles. The summed E-state index contributed by atoms with van der Waals surface area (Å²) in [7, 11) is 1.93. The van der Waals surface area contributed by atoms with E-state index in [0.29, 0.717) is 43.5 Å². The van der Waals surface area contributed by atoms with Gasteiger partial charge in [-0.25, -0.2) is 10.0 Å². The molecule has 1 amide bonds. The molecule has 190 valence electrons. The number of hydrazine groups is 1. The van der Waals surface area contributed by atoms with Crippen molar-refractivity contribution in [2.24, 2.45) is 4.99 Å². The van der Waals surface area contributed by atoms with Gasteiger partial charge < -0.3 is 4.90 Å². The van der Waals surface area contributed by atoms with E-state index < -0.39 is 0 Å². The Morgan fingerprint density at radius 2 is 1.68 bits per heavy atom. The molecule has 0 unspecified atom stereocenters. The summed E-state index contributed by atoms with van der Waals surface area (Å²) < 4.78 is 2.79. The Bertz CT molecular complexity index is 1780. The van der Waals surface area contributed by atoms with E-state index in [4.69, 9.17) is 16.6 Å². The molecule has 4 aromatic rings. The number of fused-ring (bicyclic) bond motifs is 1. The molecule has 7 nitrogen and oxygen atoms in total. The van der Waals surface area contributed by atoms with Gasteiger partial charge >= 0.3 is 0 Å². The van der Waals surface area contributed by atoms with Crippen LogP contribution in [0.4, 0.5) is 17.1 Å². The average molecular weight is 560 g/mol. The van der Waals surface area contributed by atoms with E-state index >= 15 is 0 Å². The molecule has 2 aliphatic heterocycles. The number of anilines is 2. The van der Waals surface area contributed by atoms with Gasteiger partial charge in [0.2, 0.25) is 0 Å². The lowest BCUT2D eigenvalue weighted by molar-refractivity contribution is -0.113. The number of halogens is 1. The van der Waals surface area contributed by atoms with E-state index in [1.54, 1.807) is 4.57 Å². The monoisotopic (exact) mass is 559 g/mol. The van der Waals surface area contributed by atoms with Crippen LogP contribution in [0.3, 0.4) is 0 Å². The molecular formula is C28H22ClN5O2S2. The van der Waals surface area contributed by atoms with E-state index in [-0.39, 0.29) is 11.5 Å². The number of hydrogen-bond donors (Lipinski definition) is 1. The third-order valence-electron chi connectivity index (χ3n) is 6.28. The third kappa shape index (κ3) is 4.13. The normalized spacial score (nSPS) is 18.8. The fourth-order valence-electron chi connectivity index (χ4n) is 4.43. The van der Waals surface area contributed by atoms with Crippen LogP contribution in [0.5, 0.6) is 0 Å². The van der Waals surface area contributed by atoms with E-state index in [9.17, 15) is 9.59 Å². The maximum atomic E-state index is 13.9. The average Bonchev–Trinajstić information content (AvgIpc) is 3.55. The van der Waals surface area contributed by atoms with Gasteiger partial charge in [0.15, 0.2) is 5.84 Å². The van der Waals surface area contributed by atoms with Crippen LogP contribution in [-0.2, 0) is 11.3 Å². The Morgan fingerprint density at radius 3 is 2.39 bits per heavy atom. The summed E-state index contributed by atoms with van der Waals surface area (Å²) in [5, 5.41) is 2.92. The maximum absolute atomic E-state index is 13.9. The highest BCUT2D eigenvalue weighted by atomic mass is 35.5. The SMILES string of the molecule is CCn1c(=C2C(=O)N(c3ccccc3)NC2=Nc2ccccc2)sc(=C2Sc3ccc(Cl)cc3N2C)c1=O. The summed E-state index contributed by atoms with van der Waals surface area (Å²) in [4.78, 5) is 35.4. The highest BCUT2D eigenvalue weighted by Crippen LogP contribution is 2.46. The van der Waals surface area contributed by atoms with Gasteiger partial charge in [0.05, 0.1) is 17.1 Å². The number of para-hydroxylation sites is 2. The lowest BCUT2D eigenvalue weighted by Crippen LogP contribution is -2.35. The number of amides is 1. The van der Waals surface area contributed by atoms with Crippen LogP contribution in [0.15, 0.2) is 93.5 Å². The molecule has 10 heteroatoms. The van der Waals surface area contributed by atoms with Crippen molar-refractivity contribution in [1.82, 2.24) is 9.99 Å². The number of hydrogen-bond acceptors (Lipinski definition) is 6. The van der Waals surface area contributed by atoms with Gasteiger partial charge in [-0.3, -0.25) is 19.6 Å². The zero-order chi connectivity index (χ0) is 26.4. The number of amidine groups is 1. The number of thioether (sulfide) groups is 1. The third-order valence-corrected chi connectivity index (χ3v) is 9.07. The molecule has 1 N–H and O–H groups in total. The van der Waals surface area contributed by atoms with Crippen molar-refractivity contribution in [2.75, 3.05) is 17.0 Å². The number of rotatable bonds is 3. The van der Waals surface area contributed by atoms with E-state index in [0.717, 1.165) is 15.6 Å². The van der Waals surface area contributed by atoms with Crippen LogP contribution in [0, 0.1) is 0 Å². The lowest BCUT2D eigenvalue weighted by atomic mass is 10.2. The summed E-state index contributed by atoms with van der Waals surface area (Å²) in [6.07, 6.45) is 0. The van der Waals surface area contributed by atoms with Crippen molar-refractivity contribution < 1.29 is 4.79 Å². The topological polar surface area (TPSA) is 69.9 Å². The van der Waals surface area contributed by atoms with Crippen LogP contribution >= 0.6 is 34.7 Å². The maximum Gasteiger partial charge on any atom is 0.283 e. The minimum atomic E-state index is -0.270. The molecule has 6 rings (SSSR count). The first-order valence-electron chi connectivity index (χ1n) is 12.0. The van der Waals surface area contributed by atoms with E-state index in [1.165, 1.54) is 28.1 Å². The van der Waals surface area contributed by atoms with E-state index in [1.807, 2.05) is 97.7 Å². The van der Waals surface area contributed by atoms with Crippen molar-refractivity contribution in [3.8, 4) is 0 Å². The number of benzene rings is 3. The lowest BCUT2D eigenvalue weighted by Gasteiger charge is -2.14. The molecule has 1 aromatic heterocycles. The van der Waals surface area contributed by atoms with Gasteiger partial charge in [0.25, 0.3) is 11.5 Å². The first kappa shape index (κ1) is 24.5. The minimum absolute atomic E-state index is 0.140. The molecule has 0 aliphatic carbocycles. The van der Waals surface area contributed by atoms with Crippen LogP contribution in [-0.4, -0.2) is 23.4 Å². The Balaban J connectivity index is 1.61. The summed E-state index contributed by atoms with van der Waals surface area (Å²) in [5.74, 6) is 0.126. The van der Waals surface area contributed by atoms with Crippen molar-refractivity contribution in [3.63, 3.8) is 0 Å². The minimum Gasteiger partial charge on any atom is -0.337 e. The molecule has 38 heavy (non-hydrogen) atoms. The number of nitrogens with one attached hydrogen (secondary N) is 1. The number of thiazole rings is 1. The second-order valence-corrected chi connectivity index (χ2v) is 11.1. The number of carbonyl (C=O) groups excluding carboxylic acids is 1. The molecule has 1 fully saturated rings. The van der Waals surface area contributed by atoms with Gasteiger partial charge in [-0.15, -0.1) is 11.3 Å². The molecule has 2 aliphatic rings. The first-order valence-corrected chi connectivity index (χ1v) is 14.0. The van der Waals surface area contributed by atoms with Crippen LogP contribution in [0.2, 0.25) is 5.02 Å². The first-order chi connectivity index (χ1) is 18.5. The number of nitrogens with zero attached hydrogens (tertiary/aromatic N) is 4. The van der Waals surface area contributed by atoms with Gasteiger partial charge in [-0.1, -0.05) is 59.8 Å². The van der Waals surface area contributed by atoms with Gasteiger partial charge in [0.1, 0.15) is 19.8 Å². The van der Waals surface area contributed by atoms with Gasteiger partial charge in [-0.2, -0.15) is 0 Å². The Morgan fingerprint density at radius 1 is 0.974 bits per heavy atom. The smallest absolute Gasteiger partial charge is 0.283 e. The summed E-state index contributed by atoms with van der Waals surface area (Å²) in [5.41, 5.74) is 5.73. The van der Waals surface area contributed by atoms with Crippen molar-refractivity contribution >= 4 is 74.1 Å². The number of carbonyl (C=O) groups is 1. The molecule has 3 aromatic carbocycles. The summed E-state index contributed by atoms with van der Waals surface area (Å²) in [6, 6.07) is 24.5. The van der Waals surface area contributed by atoms with Crippen LogP contribution < -0.4 is 30.1 Å². The van der Waals surface area contributed by atoms with Crippen molar-refractivity contribution in [2.45, 2.75) is 18.4 Å². The van der Waals surface area contributed by atoms with Crippen LogP contribution in [0.25, 0.3) is 10.6 Å². The van der Waals surface area contributed by atoms with Crippen molar-refractivity contribution in [3.05, 3.63) is 103 Å². The Hall–Kier alpha value is -3.79. The molecular weight excluding hydrogens is 538 g/mol. The molecule has 0 atom stereocenters. The quantitative estimate of drug-likeness (QED) is 0.405. The largest absolute Gasteiger partial charge is 0.337 e.